The minimum Gasteiger partial charge on any atom is -0.349 e. The van der Waals surface area contributed by atoms with Crippen LogP contribution in [-0.2, 0) is 4.79 Å². The van der Waals surface area contributed by atoms with Crippen LogP contribution in [0, 0.1) is 12.8 Å². The number of benzene rings is 1. The number of carbonyl (C=O) groups excluding carboxylic acids is 1. The van der Waals surface area contributed by atoms with E-state index in [0.717, 1.165) is 4.57 Å². The standard InChI is InChI=1S/C29H41F2N5O/c1-19(2)27-34-33-20(3)36(27)25-17-23-9-10-24(18-25)35(23)16-13-26(21-7-5-4-6-8-21)32-28(37)22-11-14-29(30,31)15-12-22/h4-8,19,22-26H,9-18H2,1-3H3,(H,32,37)/i1D3,2D3,3D3,11D2,12D2,14D2,15D2,19D. The van der Waals surface area contributed by atoms with Crippen molar-refractivity contribution in [2.45, 2.75) is 114 Å². The smallest absolute Gasteiger partial charge is 0.248 e. The third kappa shape index (κ3) is 5.74. The van der Waals surface area contributed by atoms with Crippen LogP contribution in [0.5, 0.6) is 0 Å². The van der Waals surface area contributed by atoms with E-state index in [9.17, 15) is 4.79 Å². The molecular formula is C29H41F2N5O. The molecule has 1 aromatic carbocycles. The summed E-state index contributed by atoms with van der Waals surface area (Å²) >= 11 is 0. The molecule has 5 rings (SSSR count). The van der Waals surface area contributed by atoms with Crippen molar-refractivity contribution in [3.8, 4) is 0 Å². The van der Waals surface area contributed by atoms with Gasteiger partial charge in [-0.1, -0.05) is 44.0 Å². The Balaban J connectivity index is 1.43. The number of alkyl halides is 2. The summed E-state index contributed by atoms with van der Waals surface area (Å²) in [6.07, 6.45) is -14.8. The summed E-state index contributed by atoms with van der Waals surface area (Å²) in [5, 5.41) is 9.87. The molecule has 1 amide bonds. The fraction of sp³-hybridized carbons (Fsp3) is 0.690. The third-order valence-corrected chi connectivity index (χ3v) is 7.35. The van der Waals surface area contributed by atoms with Gasteiger partial charge in [0.1, 0.15) is 11.6 Å². The summed E-state index contributed by atoms with van der Waals surface area (Å²) in [5.41, 5.74) is 0.434. The molecule has 0 radical (unpaired) electrons. The highest BCUT2D eigenvalue weighted by Gasteiger charge is 2.42. The molecular weight excluding hydrogens is 472 g/mol. The first-order valence-corrected chi connectivity index (χ1v) is 12.2. The van der Waals surface area contributed by atoms with Gasteiger partial charge in [-0.2, -0.15) is 0 Å². The Hall–Kier alpha value is -2.35. The maximum Gasteiger partial charge on any atom is 0.248 e. The zero-order chi connectivity index (χ0) is 41.8. The number of aryl methyl sites for hydroxylation is 1. The zero-order valence-electron chi connectivity index (χ0n) is 38.0. The van der Waals surface area contributed by atoms with Crippen LogP contribution in [-0.4, -0.2) is 50.1 Å². The highest BCUT2D eigenvalue weighted by Crippen LogP contribution is 2.42. The molecule has 0 spiro atoms. The van der Waals surface area contributed by atoms with Crippen LogP contribution in [0.3, 0.4) is 0 Å². The highest BCUT2D eigenvalue weighted by molar-refractivity contribution is 5.79. The van der Waals surface area contributed by atoms with Gasteiger partial charge in [0.25, 0.3) is 0 Å². The highest BCUT2D eigenvalue weighted by atomic mass is 19.3. The van der Waals surface area contributed by atoms with Crippen LogP contribution < -0.4 is 5.32 Å². The van der Waals surface area contributed by atoms with Crippen molar-refractivity contribution >= 4 is 5.91 Å². The summed E-state index contributed by atoms with van der Waals surface area (Å²) in [7, 11) is 0. The Labute approximate surface area is 244 Å². The van der Waals surface area contributed by atoms with Crippen molar-refractivity contribution in [2.75, 3.05) is 6.54 Å². The molecule has 1 N–H and O–H groups in total. The van der Waals surface area contributed by atoms with E-state index in [1.54, 1.807) is 30.3 Å². The van der Waals surface area contributed by atoms with Crippen molar-refractivity contribution in [3.63, 3.8) is 0 Å². The van der Waals surface area contributed by atoms with Crippen molar-refractivity contribution in [1.82, 2.24) is 25.0 Å². The average Bonchev–Trinajstić information content (AvgIpc) is 3.59. The Morgan fingerprint density at radius 1 is 1.16 bits per heavy atom. The number of hydrogen-bond donors (Lipinski definition) is 1. The Bertz CT molecular complexity index is 1690. The molecule has 1 aliphatic carbocycles. The second kappa shape index (κ2) is 10.8. The molecule has 1 aromatic heterocycles. The lowest BCUT2D eigenvalue weighted by atomic mass is 9.86. The van der Waals surface area contributed by atoms with Crippen molar-refractivity contribution in [2.24, 2.45) is 5.92 Å². The van der Waals surface area contributed by atoms with E-state index in [-0.39, 0.29) is 37.9 Å². The molecule has 3 atom stereocenters. The van der Waals surface area contributed by atoms with E-state index in [1.807, 2.05) is 4.90 Å². The summed E-state index contributed by atoms with van der Waals surface area (Å²) in [6.45, 7) is -9.68. The van der Waals surface area contributed by atoms with Crippen LogP contribution in [0.25, 0.3) is 0 Å². The molecule has 3 unspecified atom stereocenters. The van der Waals surface area contributed by atoms with E-state index in [0.29, 0.717) is 18.4 Å². The first kappa shape index (κ1) is 12.2. The van der Waals surface area contributed by atoms with Gasteiger partial charge in [0.05, 0.1) is 6.04 Å². The predicted molar refractivity (Wildman–Crippen MR) is 139 cm³/mol. The van der Waals surface area contributed by atoms with Gasteiger partial charge < -0.3 is 9.88 Å². The van der Waals surface area contributed by atoms with Crippen LogP contribution in [0.4, 0.5) is 8.78 Å². The van der Waals surface area contributed by atoms with E-state index >= 15 is 8.78 Å². The molecule has 202 valence electrons. The molecule has 2 saturated heterocycles. The number of rotatable bonds is 8. The van der Waals surface area contributed by atoms with Gasteiger partial charge >= 0.3 is 0 Å². The van der Waals surface area contributed by atoms with Crippen LogP contribution in [0.1, 0.15) is 131 Å². The number of nitrogens with one attached hydrogen (secondary N) is 1. The first-order valence-electron chi connectivity index (χ1n) is 21.2. The SMILES string of the molecule is [2H]C([2H])([2H])c1nnc(C([2H])(C([2H])([2H])[2H])C([2H])([2H])[2H])n1C1CC2CCC(C1)N2CCC(NC(=O)C1C([2H])([2H])C([2H])([2H])C(F)(F)C([2H])([2H])C1([2H])[2H])c1ccccc1. The fourth-order valence-corrected chi connectivity index (χ4v) is 5.69. The topological polar surface area (TPSA) is 63.1 Å². The summed E-state index contributed by atoms with van der Waals surface area (Å²) in [4.78, 5) is 15.8. The molecule has 1 saturated carbocycles. The third-order valence-electron chi connectivity index (χ3n) is 7.35. The largest absolute Gasteiger partial charge is 0.349 e. The van der Waals surface area contributed by atoms with E-state index < -0.39 is 93.4 Å². The summed E-state index contributed by atoms with van der Waals surface area (Å²) in [5.74, 6) is -14.3. The molecule has 6 nitrogen and oxygen atoms in total. The maximum atomic E-state index is 15.0. The number of hydrogen-bond acceptors (Lipinski definition) is 4. The number of nitrogens with zero attached hydrogens (tertiary/aromatic N) is 4. The van der Waals surface area contributed by atoms with Gasteiger partial charge in [0.15, 0.2) is 0 Å². The summed E-state index contributed by atoms with van der Waals surface area (Å²) < 4.78 is 176. The minimum absolute atomic E-state index is 0.0500. The normalized spacial score (nSPS) is 40.9. The Morgan fingerprint density at radius 3 is 2.51 bits per heavy atom. The Morgan fingerprint density at radius 2 is 1.86 bits per heavy atom. The number of carbonyl (C=O) groups is 1. The van der Waals surface area contributed by atoms with E-state index in [1.165, 1.54) is 0 Å². The number of amides is 1. The van der Waals surface area contributed by atoms with Crippen molar-refractivity contribution < 1.29 is 38.2 Å². The lowest BCUT2D eigenvalue weighted by Crippen LogP contribution is -2.45. The van der Waals surface area contributed by atoms with Gasteiger partial charge in [0.2, 0.25) is 11.8 Å². The second-order valence-electron chi connectivity index (χ2n) is 9.65. The fourth-order valence-electron chi connectivity index (χ4n) is 5.69. The Kier molecular flexibility index (Phi) is 3.57. The lowest BCUT2D eigenvalue weighted by Gasteiger charge is -2.40. The predicted octanol–water partition coefficient (Wildman–Crippen LogP) is 5.95. The number of piperidine rings is 1. The van der Waals surface area contributed by atoms with Crippen LogP contribution in [0.15, 0.2) is 30.3 Å². The molecule has 2 aliphatic heterocycles. The van der Waals surface area contributed by atoms with Gasteiger partial charge in [0, 0.05) is 73.9 Å². The second-order valence-corrected chi connectivity index (χ2v) is 9.65. The molecule has 3 heterocycles. The average molecular weight is 532 g/mol. The van der Waals surface area contributed by atoms with Gasteiger partial charge in [-0.25, -0.2) is 8.78 Å². The molecule has 37 heavy (non-hydrogen) atoms. The molecule has 2 aromatic rings. The quantitative estimate of drug-likeness (QED) is 0.457. The maximum absolute atomic E-state index is 15.0. The van der Waals surface area contributed by atoms with Gasteiger partial charge in [-0.15, -0.1) is 10.2 Å². The van der Waals surface area contributed by atoms with Gasteiger partial charge in [-0.3, -0.25) is 9.69 Å². The number of aromatic nitrogens is 3. The van der Waals surface area contributed by atoms with E-state index in [2.05, 4.69) is 15.5 Å². The van der Waals surface area contributed by atoms with Crippen molar-refractivity contribution in [1.29, 1.82) is 0 Å². The minimum atomic E-state index is -5.16. The van der Waals surface area contributed by atoms with E-state index in [4.69, 9.17) is 24.7 Å². The van der Waals surface area contributed by atoms with Crippen LogP contribution >= 0.6 is 0 Å². The van der Waals surface area contributed by atoms with Crippen molar-refractivity contribution in [3.05, 3.63) is 47.5 Å². The molecule has 3 aliphatic rings. The monoisotopic (exact) mass is 531 g/mol. The summed E-state index contributed by atoms with van der Waals surface area (Å²) in [6, 6.07) is 5.57. The first-order chi connectivity index (χ1) is 24.8. The number of fused-ring (bicyclic) bond motifs is 2. The zero-order valence-corrected chi connectivity index (χ0v) is 20.0. The number of halogens is 2. The molecule has 2 bridgehead atoms. The molecule has 8 heteroatoms. The van der Waals surface area contributed by atoms with Crippen LogP contribution in [0.2, 0.25) is 0 Å². The van der Waals surface area contributed by atoms with Gasteiger partial charge in [-0.05, 0) is 57.3 Å². The molecule has 3 fully saturated rings. The lowest BCUT2D eigenvalue weighted by molar-refractivity contribution is -0.130.